The zero-order valence-electron chi connectivity index (χ0n) is 12.8. The van der Waals surface area contributed by atoms with Crippen molar-refractivity contribution in [3.63, 3.8) is 0 Å². The highest BCUT2D eigenvalue weighted by Crippen LogP contribution is 2.15. The first-order valence-corrected chi connectivity index (χ1v) is 7.30. The maximum Gasteiger partial charge on any atom is 0.360 e. The van der Waals surface area contributed by atoms with E-state index in [9.17, 15) is 4.79 Å². The van der Waals surface area contributed by atoms with Crippen LogP contribution in [0.2, 0.25) is 0 Å². The molecule has 0 N–H and O–H groups in total. The van der Waals surface area contributed by atoms with E-state index in [0.29, 0.717) is 18.7 Å². The van der Waals surface area contributed by atoms with Crippen LogP contribution in [0.4, 0.5) is 0 Å². The average molecular weight is 287 g/mol. The maximum atomic E-state index is 12.0. The summed E-state index contributed by atoms with van der Waals surface area (Å²) in [7, 11) is 0. The van der Waals surface area contributed by atoms with E-state index < -0.39 is 5.97 Å². The van der Waals surface area contributed by atoms with E-state index in [1.807, 2.05) is 12.1 Å². The van der Waals surface area contributed by atoms with Crippen LogP contribution in [0.5, 0.6) is 0 Å². The average Bonchev–Trinajstić information content (AvgIpc) is 2.83. The summed E-state index contributed by atoms with van der Waals surface area (Å²) in [5, 5.41) is 8.10. The van der Waals surface area contributed by atoms with Gasteiger partial charge in [0.2, 0.25) is 0 Å². The molecule has 5 heteroatoms. The number of carbonyl (C=O) groups is 1. The second-order valence-corrected chi connectivity index (χ2v) is 4.99. The fourth-order valence-electron chi connectivity index (χ4n) is 2.27. The molecule has 0 saturated heterocycles. The lowest BCUT2D eigenvalue weighted by atomic mass is 10.1. The molecule has 0 bridgehead atoms. The minimum absolute atomic E-state index is 0.326. The van der Waals surface area contributed by atoms with Crippen LogP contribution in [-0.2, 0) is 17.7 Å². The van der Waals surface area contributed by atoms with Gasteiger partial charge in [-0.1, -0.05) is 42.0 Å². The van der Waals surface area contributed by atoms with E-state index in [1.165, 1.54) is 5.56 Å². The highest BCUT2D eigenvalue weighted by Gasteiger charge is 2.20. The molecule has 1 heterocycles. The third-order valence-electron chi connectivity index (χ3n) is 3.20. The third-order valence-corrected chi connectivity index (χ3v) is 3.20. The van der Waals surface area contributed by atoms with Gasteiger partial charge in [-0.05, 0) is 25.8 Å². The third kappa shape index (κ3) is 3.68. The number of aromatic nitrogens is 3. The quantitative estimate of drug-likeness (QED) is 0.767. The highest BCUT2D eigenvalue weighted by atomic mass is 16.5. The van der Waals surface area contributed by atoms with Crippen molar-refractivity contribution in [3.8, 4) is 0 Å². The number of benzene rings is 1. The molecule has 0 atom stereocenters. The number of hydrogen-bond donors (Lipinski definition) is 0. The summed E-state index contributed by atoms with van der Waals surface area (Å²) in [4.78, 5) is 12.0. The van der Waals surface area contributed by atoms with Crippen LogP contribution in [0, 0.1) is 6.92 Å². The molecule has 1 aromatic carbocycles. The van der Waals surface area contributed by atoms with Crippen LogP contribution in [0.3, 0.4) is 0 Å². The molecular weight excluding hydrogens is 266 g/mol. The number of ether oxygens (including phenoxy) is 1. The number of rotatable bonds is 6. The molecule has 2 aromatic rings. The second kappa shape index (κ2) is 7.02. The molecule has 2 rings (SSSR count). The Labute approximate surface area is 124 Å². The molecule has 0 unspecified atom stereocenters. The fraction of sp³-hybridized carbons (Fsp3) is 0.438. The van der Waals surface area contributed by atoms with E-state index in [2.05, 4.69) is 36.3 Å². The SMILES string of the molecule is CCCn1nnc(C(=O)OCC)c1Cc1cccc(C)c1. The Bertz CT molecular complexity index is 620. The van der Waals surface area contributed by atoms with Crippen LogP contribution in [0.1, 0.15) is 47.6 Å². The Kier molecular flexibility index (Phi) is 5.09. The number of hydrogen-bond acceptors (Lipinski definition) is 4. The lowest BCUT2D eigenvalue weighted by molar-refractivity contribution is 0.0518. The monoisotopic (exact) mass is 287 g/mol. The van der Waals surface area contributed by atoms with Gasteiger partial charge in [0.05, 0.1) is 12.3 Å². The lowest BCUT2D eigenvalue weighted by Crippen LogP contribution is -2.11. The summed E-state index contributed by atoms with van der Waals surface area (Å²) in [5.41, 5.74) is 3.48. The van der Waals surface area contributed by atoms with Gasteiger partial charge in [0.1, 0.15) is 0 Å². The van der Waals surface area contributed by atoms with Crippen LogP contribution in [0.15, 0.2) is 24.3 Å². The predicted octanol–water partition coefficient (Wildman–Crippen LogP) is 2.76. The summed E-state index contributed by atoms with van der Waals surface area (Å²) in [6.07, 6.45) is 1.56. The summed E-state index contributed by atoms with van der Waals surface area (Å²) in [6, 6.07) is 8.23. The van der Waals surface area contributed by atoms with Gasteiger partial charge in [0.15, 0.2) is 5.69 Å². The molecule has 21 heavy (non-hydrogen) atoms. The standard InChI is InChI=1S/C16H21N3O2/c1-4-9-19-14(11-13-8-6-7-12(3)10-13)15(17-18-19)16(20)21-5-2/h6-8,10H,4-5,9,11H2,1-3H3. The highest BCUT2D eigenvalue weighted by molar-refractivity contribution is 5.88. The smallest absolute Gasteiger partial charge is 0.360 e. The molecule has 0 radical (unpaired) electrons. The Morgan fingerprint density at radius 3 is 2.81 bits per heavy atom. The topological polar surface area (TPSA) is 57.0 Å². The molecule has 5 nitrogen and oxygen atoms in total. The Morgan fingerprint density at radius 1 is 1.33 bits per heavy atom. The minimum atomic E-state index is -0.400. The van der Waals surface area contributed by atoms with Gasteiger partial charge in [-0.2, -0.15) is 0 Å². The molecule has 0 aliphatic carbocycles. The van der Waals surface area contributed by atoms with Gasteiger partial charge in [-0.25, -0.2) is 9.48 Å². The minimum Gasteiger partial charge on any atom is -0.461 e. The van der Waals surface area contributed by atoms with Crippen LogP contribution in [0.25, 0.3) is 0 Å². The first kappa shape index (κ1) is 15.2. The van der Waals surface area contributed by atoms with Crippen molar-refractivity contribution in [3.05, 3.63) is 46.8 Å². The van der Waals surface area contributed by atoms with Crippen molar-refractivity contribution in [1.82, 2.24) is 15.0 Å². The van der Waals surface area contributed by atoms with E-state index in [1.54, 1.807) is 11.6 Å². The maximum absolute atomic E-state index is 12.0. The number of nitrogens with zero attached hydrogens (tertiary/aromatic N) is 3. The molecule has 0 spiro atoms. The first-order chi connectivity index (χ1) is 10.2. The van der Waals surface area contributed by atoms with Gasteiger partial charge in [-0.15, -0.1) is 5.10 Å². The van der Waals surface area contributed by atoms with Crippen LogP contribution < -0.4 is 0 Å². The van der Waals surface area contributed by atoms with Gasteiger partial charge < -0.3 is 4.74 Å². The predicted molar refractivity (Wildman–Crippen MR) is 80.3 cm³/mol. The van der Waals surface area contributed by atoms with E-state index in [4.69, 9.17) is 4.74 Å². The molecule has 112 valence electrons. The Morgan fingerprint density at radius 2 is 2.14 bits per heavy atom. The fourth-order valence-corrected chi connectivity index (χ4v) is 2.27. The molecule has 0 aliphatic rings. The lowest BCUT2D eigenvalue weighted by Gasteiger charge is -2.08. The van der Waals surface area contributed by atoms with E-state index >= 15 is 0 Å². The molecule has 1 aromatic heterocycles. The first-order valence-electron chi connectivity index (χ1n) is 7.30. The molecule has 0 amide bonds. The summed E-state index contributed by atoms with van der Waals surface area (Å²) in [5.74, 6) is -0.400. The summed E-state index contributed by atoms with van der Waals surface area (Å²) >= 11 is 0. The van der Waals surface area contributed by atoms with E-state index in [-0.39, 0.29) is 0 Å². The van der Waals surface area contributed by atoms with Crippen molar-refractivity contribution in [1.29, 1.82) is 0 Å². The van der Waals surface area contributed by atoms with Gasteiger partial charge >= 0.3 is 5.97 Å². The van der Waals surface area contributed by atoms with Gasteiger partial charge in [0.25, 0.3) is 0 Å². The summed E-state index contributed by atoms with van der Waals surface area (Å²) < 4.78 is 6.87. The van der Waals surface area contributed by atoms with Crippen molar-refractivity contribution >= 4 is 5.97 Å². The number of aryl methyl sites for hydroxylation is 2. The van der Waals surface area contributed by atoms with Crippen LogP contribution >= 0.6 is 0 Å². The van der Waals surface area contributed by atoms with Crippen molar-refractivity contribution in [2.45, 2.75) is 40.2 Å². The van der Waals surface area contributed by atoms with Gasteiger partial charge in [0, 0.05) is 13.0 Å². The number of carbonyl (C=O) groups excluding carboxylic acids is 1. The molecular formula is C16H21N3O2. The van der Waals surface area contributed by atoms with Crippen molar-refractivity contribution in [2.24, 2.45) is 0 Å². The van der Waals surface area contributed by atoms with Crippen molar-refractivity contribution < 1.29 is 9.53 Å². The largest absolute Gasteiger partial charge is 0.461 e. The number of esters is 1. The molecule has 0 aliphatic heterocycles. The molecule has 0 saturated carbocycles. The Balaban J connectivity index is 2.34. The zero-order chi connectivity index (χ0) is 15.2. The Hall–Kier alpha value is -2.17. The van der Waals surface area contributed by atoms with Crippen molar-refractivity contribution in [2.75, 3.05) is 6.61 Å². The van der Waals surface area contributed by atoms with E-state index in [0.717, 1.165) is 24.2 Å². The second-order valence-electron chi connectivity index (χ2n) is 4.99. The van der Waals surface area contributed by atoms with Crippen LogP contribution in [-0.4, -0.2) is 27.6 Å². The summed E-state index contributed by atoms with van der Waals surface area (Å²) in [6.45, 7) is 6.99. The van der Waals surface area contributed by atoms with Gasteiger partial charge in [-0.3, -0.25) is 0 Å². The zero-order valence-corrected chi connectivity index (χ0v) is 12.8. The normalized spacial score (nSPS) is 10.6. The molecule has 0 fully saturated rings.